The molecule has 2 rings (SSSR count). The standard InChI is InChI=1S/C19H29FO2/c1-2-3-14-4-6-16(7-5-14)17-8-9-18(19(20)11-17)10-15(12-21)13-22/h8-9,11,14-16,21-22H,2-7,10,12-13H2,1H3. The Balaban J connectivity index is 1.98. The smallest absolute Gasteiger partial charge is 0.126 e. The highest BCUT2D eigenvalue weighted by molar-refractivity contribution is 5.28. The van der Waals surface area contributed by atoms with Crippen molar-refractivity contribution in [2.24, 2.45) is 11.8 Å². The maximum atomic E-state index is 14.3. The van der Waals surface area contributed by atoms with Crippen LogP contribution in [-0.2, 0) is 6.42 Å². The van der Waals surface area contributed by atoms with Gasteiger partial charge in [0.2, 0.25) is 0 Å². The molecule has 1 aliphatic rings. The number of aliphatic hydroxyl groups excluding tert-OH is 2. The molecule has 0 heterocycles. The van der Waals surface area contributed by atoms with E-state index < -0.39 is 0 Å². The van der Waals surface area contributed by atoms with E-state index in [4.69, 9.17) is 10.2 Å². The fraction of sp³-hybridized carbons (Fsp3) is 0.684. The summed E-state index contributed by atoms with van der Waals surface area (Å²) in [4.78, 5) is 0. The van der Waals surface area contributed by atoms with Crippen LogP contribution >= 0.6 is 0 Å². The normalized spacial score (nSPS) is 22.2. The van der Waals surface area contributed by atoms with Crippen LogP contribution in [0.2, 0.25) is 0 Å². The molecule has 3 heteroatoms. The number of rotatable bonds is 7. The maximum absolute atomic E-state index is 14.3. The zero-order valence-corrected chi connectivity index (χ0v) is 13.6. The van der Waals surface area contributed by atoms with Crippen LogP contribution < -0.4 is 0 Å². The average molecular weight is 308 g/mol. The van der Waals surface area contributed by atoms with E-state index in [0.29, 0.717) is 17.9 Å². The van der Waals surface area contributed by atoms with E-state index in [0.717, 1.165) is 11.5 Å². The molecule has 0 unspecified atom stereocenters. The Morgan fingerprint density at radius 3 is 2.36 bits per heavy atom. The molecular formula is C19H29FO2. The van der Waals surface area contributed by atoms with Crippen LogP contribution in [0.3, 0.4) is 0 Å². The zero-order valence-electron chi connectivity index (χ0n) is 13.6. The van der Waals surface area contributed by atoms with E-state index >= 15 is 0 Å². The third kappa shape index (κ3) is 4.53. The largest absolute Gasteiger partial charge is 0.396 e. The van der Waals surface area contributed by atoms with Crippen LogP contribution in [0.25, 0.3) is 0 Å². The summed E-state index contributed by atoms with van der Waals surface area (Å²) in [5, 5.41) is 18.2. The van der Waals surface area contributed by atoms with Gasteiger partial charge in [-0.15, -0.1) is 0 Å². The molecule has 1 saturated carbocycles. The van der Waals surface area contributed by atoms with Gasteiger partial charge in [0, 0.05) is 19.1 Å². The van der Waals surface area contributed by atoms with Crippen LogP contribution in [0.15, 0.2) is 18.2 Å². The lowest BCUT2D eigenvalue weighted by Crippen LogP contribution is -2.16. The van der Waals surface area contributed by atoms with Gasteiger partial charge in [-0.05, 0) is 61.1 Å². The summed E-state index contributed by atoms with van der Waals surface area (Å²) in [6.07, 6.45) is 7.83. The molecule has 22 heavy (non-hydrogen) atoms. The van der Waals surface area contributed by atoms with E-state index in [9.17, 15) is 4.39 Å². The summed E-state index contributed by atoms with van der Waals surface area (Å²) >= 11 is 0. The fourth-order valence-electron chi connectivity index (χ4n) is 3.67. The predicted octanol–water partition coefficient (Wildman–Crippen LogP) is 4.04. The molecule has 2 nitrogen and oxygen atoms in total. The van der Waals surface area contributed by atoms with E-state index in [1.807, 2.05) is 12.1 Å². The highest BCUT2D eigenvalue weighted by atomic mass is 19.1. The first kappa shape index (κ1) is 17.4. The summed E-state index contributed by atoms with van der Waals surface area (Å²) in [6, 6.07) is 5.54. The molecule has 0 saturated heterocycles. The Morgan fingerprint density at radius 1 is 1.14 bits per heavy atom. The Hall–Kier alpha value is -0.930. The molecule has 0 radical (unpaired) electrons. The quantitative estimate of drug-likeness (QED) is 0.798. The van der Waals surface area contributed by atoms with E-state index in [1.165, 1.54) is 38.5 Å². The molecule has 124 valence electrons. The van der Waals surface area contributed by atoms with E-state index in [1.54, 1.807) is 6.07 Å². The van der Waals surface area contributed by atoms with Crippen molar-refractivity contribution in [3.63, 3.8) is 0 Å². The van der Waals surface area contributed by atoms with Crippen molar-refractivity contribution in [3.8, 4) is 0 Å². The van der Waals surface area contributed by atoms with Crippen molar-refractivity contribution in [3.05, 3.63) is 35.1 Å². The van der Waals surface area contributed by atoms with Gasteiger partial charge in [0.1, 0.15) is 5.82 Å². The highest BCUT2D eigenvalue weighted by Gasteiger charge is 2.22. The first-order valence-corrected chi connectivity index (χ1v) is 8.67. The second-order valence-corrected chi connectivity index (χ2v) is 6.79. The molecule has 0 bridgehead atoms. The lowest BCUT2D eigenvalue weighted by atomic mass is 9.77. The number of aliphatic hydroxyl groups is 2. The summed E-state index contributed by atoms with van der Waals surface area (Å²) in [7, 11) is 0. The lowest BCUT2D eigenvalue weighted by Gasteiger charge is -2.28. The maximum Gasteiger partial charge on any atom is 0.126 e. The third-order valence-corrected chi connectivity index (χ3v) is 5.12. The first-order valence-electron chi connectivity index (χ1n) is 8.67. The first-order chi connectivity index (χ1) is 10.7. The Bertz CT molecular complexity index is 449. The van der Waals surface area contributed by atoms with Gasteiger partial charge in [-0.3, -0.25) is 0 Å². The summed E-state index contributed by atoms with van der Waals surface area (Å²) in [5.74, 6) is 0.883. The van der Waals surface area contributed by atoms with Gasteiger partial charge < -0.3 is 10.2 Å². The van der Waals surface area contributed by atoms with Crippen molar-refractivity contribution >= 4 is 0 Å². The molecule has 0 amide bonds. The summed E-state index contributed by atoms with van der Waals surface area (Å²) < 4.78 is 14.3. The summed E-state index contributed by atoms with van der Waals surface area (Å²) in [6.45, 7) is 2.02. The van der Waals surface area contributed by atoms with Gasteiger partial charge in [-0.25, -0.2) is 4.39 Å². The van der Waals surface area contributed by atoms with Gasteiger partial charge in [0.15, 0.2) is 0 Å². The molecule has 1 aliphatic carbocycles. The van der Waals surface area contributed by atoms with Crippen molar-refractivity contribution in [1.29, 1.82) is 0 Å². The second-order valence-electron chi connectivity index (χ2n) is 6.79. The Labute approximate surface area is 133 Å². The molecule has 1 aromatic rings. The number of benzene rings is 1. The van der Waals surface area contributed by atoms with Crippen LogP contribution in [0, 0.1) is 17.7 Å². The molecule has 0 aliphatic heterocycles. The second kappa shape index (κ2) is 8.64. The number of hydrogen-bond donors (Lipinski definition) is 2. The van der Waals surface area contributed by atoms with Gasteiger partial charge in [0.25, 0.3) is 0 Å². The predicted molar refractivity (Wildman–Crippen MR) is 87.4 cm³/mol. The van der Waals surface area contributed by atoms with Crippen LogP contribution in [0.4, 0.5) is 4.39 Å². The van der Waals surface area contributed by atoms with Crippen molar-refractivity contribution in [2.45, 2.75) is 57.8 Å². The van der Waals surface area contributed by atoms with Crippen LogP contribution in [0.5, 0.6) is 0 Å². The molecule has 1 aromatic carbocycles. The highest BCUT2D eigenvalue weighted by Crippen LogP contribution is 2.37. The molecule has 0 atom stereocenters. The van der Waals surface area contributed by atoms with E-state index in [-0.39, 0.29) is 24.9 Å². The van der Waals surface area contributed by atoms with Gasteiger partial charge in [-0.2, -0.15) is 0 Å². The average Bonchev–Trinajstić information content (AvgIpc) is 2.55. The molecule has 0 aromatic heterocycles. The Kier molecular flexibility index (Phi) is 6.84. The molecule has 2 N–H and O–H groups in total. The third-order valence-electron chi connectivity index (χ3n) is 5.12. The lowest BCUT2D eigenvalue weighted by molar-refractivity contribution is 0.149. The SMILES string of the molecule is CCCC1CCC(c2ccc(CC(CO)CO)c(F)c2)CC1. The van der Waals surface area contributed by atoms with Gasteiger partial charge >= 0.3 is 0 Å². The number of hydrogen-bond acceptors (Lipinski definition) is 2. The number of halogens is 1. The zero-order chi connectivity index (χ0) is 15.9. The monoisotopic (exact) mass is 308 g/mol. The molecule has 1 fully saturated rings. The van der Waals surface area contributed by atoms with Gasteiger partial charge in [-0.1, -0.05) is 31.9 Å². The minimum absolute atomic E-state index is 0.112. The van der Waals surface area contributed by atoms with Crippen LogP contribution in [0.1, 0.15) is 62.5 Å². The fourth-order valence-corrected chi connectivity index (χ4v) is 3.67. The Morgan fingerprint density at radius 2 is 1.82 bits per heavy atom. The minimum atomic E-state index is -0.273. The van der Waals surface area contributed by atoms with Gasteiger partial charge in [0.05, 0.1) is 0 Å². The van der Waals surface area contributed by atoms with Crippen molar-refractivity contribution < 1.29 is 14.6 Å². The molecule has 0 spiro atoms. The van der Waals surface area contributed by atoms with E-state index in [2.05, 4.69) is 6.92 Å². The minimum Gasteiger partial charge on any atom is -0.396 e. The topological polar surface area (TPSA) is 40.5 Å². The van der Waals surface area contributed by atoms with Crippen molar-refractivity contribution in [2.75, 3.05) is 13.2 Å². The van der Waals surface area contributed by atoms with Crippen LogP contribution in [-0.4, -0.2) is 23.4 Å². The van der Waals surface area contributed by atoms with Crippen molar-refractivity contribution in [1.82, 2.24) is 0 Å². The summed E-state index contributed by atoms with van der Waals surface area (Å²) in [5.41, 5.74) is 1.71. The molecular weight excluding hydrogens is 279 g/mol.